The number of hydrogen-bond donors (Lipinski definition) is 0. The molecule has 0 aliphatic carbocycles. The first-order valence-corrected chi connectivity index (χ1v) is 10.0. The molecule has 0 aliphatic heterocycles. The van der Waals surface area contributed by atoms with E-state index in [1.54, 1.807) is 6.92 Å². The van der Waals surface area contributed by atoms with E-state index in [4.69, 9.17) is 9.47 Å². The smallest absolute Gasteiger partial charge is 0.125 e. The summed E-state index contributed by atoms with van der Waals surface area (Å²) in [6, 6.07) is 3.95. The van der Waals surface area contributed by atoms with Crippen LogP contribution in [-0.2, 0) is 15.6 Å². The summed E-state index contributed by atoms with van der Waals surface area (Å²) in [5, 5.41) is 3.76. The molecule has 1 unspecified atom stereocenters. The molecule has 0 bridgehead atoms. The zero-order chi connectivity index (χ0) is 19.4. The number of hydrogen-bond acceptors (Lipinski definition) is 5. The van der Waals surface area contributed by atoms with Crippen LogP contribution in [0.2, 0.25) is 0 Å². The van der Waals surface area contributed by atoms with E-state index in [0.29, 0.717) is 24.7 Å². The van der Waals surface area contributed by atoms with Crippen molar-refractivity contribution in [2.75, 3.05) is 31.8 Å². The van der Waals surface area contributed by atoms with Crippen molar-refractivity contribution in [3.8, 4) is 11.5 Å². The molecule has 26 heavy (non-hydrogen) atoms. The number of nitrogens with zero attached hydrogens (tertiary/aromatic N) is 1. The number of ether oxygens (including phenoxy) is 2. The van der Waals surface area contributed by atoms with Gasteiger partial charge in [0, 0.05) is 16.6 Å². The standard InChI is InChI=1S/C20H29NO4S/c1-6-7-10-24-19-13-16(2)20(17(3)14-19)25-11-8-9-12-26(22)15-18(4)21-23-5/h6-9,13-14H,10-12,15H2,1-5H3/b7-6+,9-8+,21-18+. The van der Waals surface area contributed by atoms with Crippen molar-refractivity contribution >= 4 is 16.5 Å². The van der Waals surface area contributed by atoms with Crippen LogP contribution in [0.3, 0.4) is 0 Å². The average Bonchev–Trinajstić information content (AvgIpc) is 2.57. The molecule has 5 nitrogen and oxygen atoms in total. The Kier molecular flexibility index (Phi) is 10.4. The van der Waals surface area contributed by atoms with E-state index in [9.17, 15) is 4.21 Å². The fourth-order valence-corrected chi connectivity index (χ4v) is 3.30. The van der Waals surface area contributed by atoms with Gasteiger partial charge in [0.1, 0.15) is 31.8 Å². The molecule has 1 atom stereocenters. The zero-order valence-electron chi connectivity index (χ0n) is 16.3. The molecule has 1 rings (SSSR count). The summed E-state index contributed by atoms with van der Waals surface area (Å²) in [6.07, 6.45) is 7.68. The van der Waals surface area contributed by atoms with Crippen molar-refractivity contribution < 1.29 is 18.5 Å². The maximum atomic E-state index is 11.9. The molecule has 0 amide bonds. The van der Waals surface area contributed by atoms with Crippen LogP contribution in [0.25, 0.3) is 0 Å². The zero-order valence-corrected chi connectivity index (χ0v) is 17.1. The minimum Gasteiger partial charge on any atom is -0.490 e. The highest BCUT2D eigenvalue weighted by atomic mass is 32.2. The van der Waals surface area contributed by atoms with Crippen LogP contribution < -0.4 is 9.47 Å². The highest BCUT2D eigenvalue weighted by Crippen LogP contribution is 2.28. The Morgan fingerprint density at radius 1 is 1.12 bits per heavy atom. The van der Waals surface area contributed by atoms with E-state index in [2.05, 4.69) is 9.99 Å². The van der Waals surface area contributed by atoms with Gasteiger partial charge in [-0.1, -0.05) is 29.5 Å². The highest BCUT2D eigenvalue weighted by Gasteiger charge is 2.07. The molecule has 0 radical (unpaired) electrons. The number of rotatable bonds is 11. The molecule has 0 heterocycles. The second-order valence-electron chi connectivity index (χ2n) is 5.81. The maximum Gasteiger partial charge on any atom is 0.125 e. The predicted octanol–water partition coefficient (Wildman–Crippen LogP) is 3.96. The van der Waals surface area contributed by atoms with E-state index >= 15 is 0 Å². The van der Waals surface area contributed by atoms with E-state index in [0.717, 1.165) is 28.3 Å². The minimum atomic E-state index is -0.991. The minimum absolute atomic E-state index is 0.409. The first-order valence-electron chi connectivity index (χ1n) is 8.52. The van der Waals surface area contributed by atoms with Gasteiger partial charge < -0.3 is 14.3 Å². The SMILES string of the molecule is C/C=C/COc1cc(C)c(OC/C=C/CS(=O)C/C(C)=N/OC)c(C)c1. The van der Waals surface area contributed by atoms with Crippen molar-refractivity contribution in [3.05, 3.63) is 47.6 Å². The van der Waals surface area contributed by atoms with Gasteiger partial charge in [-0.2, -0.15) is 0 Å². The quantitative estimate of drug-likeness (QED) is 0.332. The number of benzene rings is 1. The van der Waals surface area contributed by atoms with Crippen molar-refractivity contribution in [2.45, 2.75) is 27.7 Å². The highest BCUT2D eigenvalue weighted by molar-refractivity contribution is 7.85. The lowest BCUT2D eigenvalue weighted by atomic mass is 10.1. The van der Waals surface area contributed by atoms with Crippen LogP contribution in [0.5, 0.6) is 11.5 Å². The van der Waals surface area contributed by atoms with Gasteiger partial charge in [0.15, 0.2) is 0 Å². The molecule has 0 saturated heterocycles. The lowest BCUT2D eigenvalue weighted by Gasteiger charge is -2.13. The van der Waals surface area contributed by atoms with Crippen LogP contribution in [0, 0.1) is 13.8 Å². The Balaban J connectivity index is 2.49. The van der Waals surface area contributed by atoms with Gasteiger partial charge in [0.2, 0.25) is 0 Å². The second kappa shape index (κ2) is 12.3. The average molecular weight is 380 g/mol. The fraction of sp³-hybridized carbons (Fsp3) is 0.450. The summed E-state index contributed by atoms with van der Waals surface area (Å²) >= 11 is 0. The van der Waals surface area contributed by atoms with Crippen LogP contribution in [0.4, 0.5) is 0 Å². The Morgan fingerprint density at radius 3 is 2.38 bits per heavy atom. The molecular formula is C20H29NO4S. The largest absolute Gasteiger partial charge is 0.490 e. The van der Waals surface area contributed by atoms with E-state index in [-0.39, 0.29) is 0 Å². The Hall–Kier alpha value is -2.08. The van der Waals surface area contributed by atoms with Crippen LogP contribution in [0.1, 0.15) is 25.0 Å². The van der Waals surface area contributed by atoms with Gasteiger partial charge in [-0.25, -0.2) is 0 Å². The van der Waals surface area contributed by atoms with E-state index in [1.807, 2.05) is 57.2 Å². The van der Waals surface area contributed by atoms with E-state index < -0.39 is 10.8 Å². The first-order chi connectivity index (χ1) is 12.5. The van der Waals surface area contributed by atoms with Crippen molar-refractivity contribution in [1.29, 1.82) is 0 Å². The Labute approximate surface area is 159 Å². The summed E-state index contributed by atoms with van der Waals surface area (Å²) in [4.78, 5) is 4.66. The molecular weight excluding hydrogens is 350 g/mol. The third-order valence-corrected chi connectivity index (χ3v) is 4.71. The van der Waals surface area contributed by atoms with Gasteiger partial charge >= 0.3 is 0 Å². The Morgan fingerprint density at radius 2 is 1.77 bits per heavy atom. The van der Waals surface area contributed by atoms with Gasteiger partial charge in [-0.3, -0.25) is 4.21 Å². The third kappa shape index (κ3) is 8.34. The van der Waals surface area contributed by atoms with Crippen molar-refractivity contribution in [1.82, 2.24) is 0 Å². The molecule has 0 spiro atoms. The number of allylic oxidation sites excluding steroid dienone is 1. The van der Waals surface area contributed by atoms with Crippen molar-refractivity contribution in [2.24, 2.45) is 5.16 Å². The van der Waals surface area contributed by atoms with Crippen LogP contribution in [-0.4, -0.2) is 41.7 Å². The van der Waals surface area contributed by atoms with Gasteiger partial charge in [0.25, 0.3) is 0 Å². The molecule has 0 aromatic heterocycles. The normalized spacial score (nSPS) is 13.3. The molecule has 0 fully saturated rings. The summed E-state index contributed by atoms with van der Waals surface area (Å²) in [6.45, 7) is 8.76. The molecule has 1 aromatic carbocycles. The molecule has 144 valence electrons. The lowest BCUT2D eigenvalue weighted by molar-refractivity contribution is 0.213. The third-order valence-electron chi connectivity index (χ3n) is 3.41. The molecule has 0 aliphatic rings. The first kappa shape index (κ1) is 22.0. The number of aryl methyl sites for hydroxylation is 2. The van der Waals surface area contributed by atoms with Crippen LogP contribution in [0.15, 0.2) is 41.6 Å². The summed E-state index contributed by atoms with van der Waals surface area (Å²) < 4.78 is 23.4. The lowest BCUT2D eigenvalue weighted by Crippen LogP contribution is -2.09. The van der Waals surface area contributed by atoms with Crippen molar-refractivity contribution in [3.63, 3.8) is 0 Å². The van der Waals surface area contributed by atoms with Gasteiger partial charge in [-0.15, -0.1) is 0 Å². The topological polar surface area (TPSA) is 57.1 Å². The molecule has 1 aromatic rings. The van der Waals surface area contributed by atoms with Gasteiger partial charge in [0.05, 0.1) is 11.5 Å². The monoisotopic (exact) mass is 379 g/mol. The molecule has 6 heteroatoms. The number of oxime groups is 1. The summed E-state index contributed by atoms with van der Waals surface area (Å²) in [5.74, 6) is 2.57. The maximum absolute atomic E-state index is 11.9. The molecule has 0 N–H and O–H groups in total. The molecule has 0 saturated carbocycles. The predicted molar refractivity (Wildman–Crippen MR) is 109 cm³/mol. The second-order valence-corrected chi connectivity index (χ2v) is 7.31. The Bertz CT molecular complexity index is 657. The summed E-state index contributed by atoms with van der Waals surface area (Å²) in [7, 11) is 0.490. The van der Waals surface area contributed by atoms with Gasteiger partial charge in [-0.05, 0) is 51.0 Å². The fourth-order valence-electron chi connectivity index (χ4n) is 2.31. The summed E-state index contributed by atoms with van der Waals surface area (Å²) in [5.41, 5.74) is 2.78. The van der Waals surface area contributed by atoms with Crippen LogP contribution >= 0.6 is 0 Å². The van der Waals surface area contributed by atoms with E-state index in [1.165, 1.54) is 7.11 Å².